The molecule has 0 atom stereocenters. The summed E-state index contributed by atoms with van der Waals surface area (Å²) in [5.74, 6) is -0.0925. The molecule has 0 aliphatic rings. The number of pyridine rings is 1. The second-order valence-corrected chi connectivity index (χ2v) is 5.64. The smallest absolute Gasteiger partial charge is 0.359 e. The molecule has 136 valence electrons. The molecule has 2 aromatic heterocycles. The molecule has 2 heterocycles. The van der Waals surface area contributed by atoms with Crippen molar-refractivity contribution < 1.29 is 13.9 Å². The van der Waals surface area contributed by atoms with Crippen molar-refractivity contribution in [2.45, 2.75) is 13.8 Å². The number of carbonyl (C=O) groups excluding carboxylic acids is 1. The minimum atomic E-state index is -0.514. The highest BCUT2D eigenvalue weighted by Crippen LogP contribution is 2.24. The summed E-state index contributed by atoms with van der Waals surface area (Å²) in [7, 11) is 0. The third-order valence-corrected chi connectivity index (χ3v) is 3.64. The Morgan fingerprint density at radius 2 is 2.07 bits per heavy atom. The van der Waals surface area contributed by atoms with Crippen LogP contribution in [0.3, 0.4) is 0 Å². The van der Waals surface area contributed by atoms with E-state index in [-0.39, 0.29) is 18.1 Å². The summed E-state index contributed by atoms with van der Waals surface area (Å²) in [6.45, 7) is 11.0. The van der Waals surface area contributed by atoms with Crippen molar-refractivity contribution in [3.05, 3.63) is 71.1 Å². The lowest BCUT2D eigenvalue weighted by atomic mass is 10.3. The summed E-state index contributed by atoms with van der Waals surface area (Å²) in [6, 6.07) is 8.91. The van der Waals surface area contributed by atoms with E-state index in [1.54, 1.807) is 44.3 Å². The van der Waals surface area contributed by atoms with Gasteiger partial charge in [-0.25, -0.2) is 23.7 Å². The van der Waals surface area contributed by atoms with Crippen LogP contribution < -0.4 is 5.32 Å². The van der Waals surface area contributed by atoms with Gasteiger partial charge in [-0.05, 0) is 50.2 Å². The Balaban J connectivity index is 1.96. The number of halogens is 1. The Hall–Kier alpha value is -3.73. The summed E-state index contributed by atoms with van der Waals surface area (Å²) in [6.07, 6.45) is 1.64. The number of rotatable bonds is 5. The normalized spacial score (nSPS) is 10.3. The van der Waals surface area contributed by atoms with Gasteiger partial charge in [-0.3, -0.25) is 0 Å². The standard InChI is InChI=1S/C19H16FN5O2/c1-4-27-19(26)18-12(2)11-25(24-18)17-10-15(21-3)9-16(23-17)22-14-7-5-13(20)6-8-14/h5-11H,4H2,1-2H3,(H,22,23). The van der Waals surface area contributed by atoms with Crippen LogP contribution in [-0.2, 0) is 4.74 Å². The molecular weight excluding hydrogens is 349 g/mol. The highest BCUT2D eigenvalue weighted by Gasteiger charge is 2.16. The fraction of sp³-hybridized carbons (Fsp3) is 0.158. The Morgan fingerprint density at radius 3 is 2.74 bits per heavy atom. The highest BCUT2D eigenvalue weighted by molar-refractivity contribution is 5.88. The maximum Gasteiger partial charge on any atom is 0.359 e. The van der Waals surface area contributed by atoms with Crippen molar-refractivity contribution in [2.75, 3.05) is 11.9 Å². The van der Waals surface area contributed by atoms with E-state index in [4.69, 9.17) is 11.3 Å². The van der Waals surface area contributed by atoms with Gasteiger partial charge in [0.15, 0.2) is 11.4 Å². The first kappa shape index (κ1) is 18.1. The molecule has 3 aromatic rings. The summed E-state index contributed by atoms with van der Waals surface area (Å²) >= 11 is 0. The minimum Gasteiger partial charge on any atom is -0.461 e. The third-order valence-electron chi connectivity index (χ3n) is 3.64. The molecule has 0 unspecified atom stereocenters. The van der Waals surface area contributed by atoms with Crippen LogP contribution in [0.2, 0.25) is 0 Å². The van der Waals surface area contributed by atoms with E-state index < -0.39 is 5.97 Å². The fourth-order valence-corrected chi connectivity index (χ4v) is 2.41. The number of hydrogen-bond acceptors (Lipinski definition) is 5. The zero-order chi connectivity index (χ0) is 19.4. The average molecular weight is 365 g/mol. The molecular formula is C19H16FN5O2. The second-order valence-electron chi connectivity index (χ2n) is 5.64. The number of nitrogens with zero attached hydrogens (tertiary/aromatic N) is 4. The van der Waals surface area contributed by atoms with E-state index in [0.29, 0.717) is 28.6 Å². The third kappa shape index (κ3) is 4.10. The van der Waals surface area contributed by atoms with Crippen molar-refractivity contribution in [3.8, 4) is 5.82 Å². The maximum atomic E-state index is 13.1. The van der Waals surface area contributed by atoms with E-state index in [2.05, 4.69) is 20.2 Å². The zero-order valence-corrected chi connectivity index (χ0v) is 14.7. The van der Waals surface area contributed by atoms with Crippen molar-refractivity contribution >= 4 is 23.2 Å². The number of esters is 1. The van der Waals surface area contributed by atoms with E-state index in [1.807, 2.05) is 0 Å². The molecule has 0 bridgehead atoms. The lowest BCUT2D eigenvalue weighted by Crippen LogP contribution is -2.08. The number of hydrogen-bond donors (Lipinski definition) is 1. The van der Waals surface area contributed by atoms with Crippen LogP contribution in [0.15, 0.2) is 42.6 Å². The zero-order valence-electron chi connectivity index (χ0n) is 14.7. The molecule has 0 spiro atoms. The second kappa shape index (κ2) is 7.66. The molecule has 0 radical (unpaired) electrons. The van der Waals surface area contributed by atoms with Gasteiger partial charge >= 0.3 is 5.97 Å². The molecule has 0 amide bonds. The van der Waals surface area contributed by atoms with Gasteiger partial charge in [-0.2, -0.15) is 5.10 Å². The quantitative estimate of drug-likeness (QED) is 0.542. The topological polar surface area (TPSA) is 73.4 Å². The number of aromatic nitrogens is 3. The van der Waals surface area contributed by atoms with Gasteiger partial charge in [0.25, 0.3) is 0 Å². The number of aryl methyl sites for hydroxylation is 1. The van der Waals surface area contributed by atoms with Crippen LogP contribution in [0, 0.1) is 19.3 Å². The van der Waals surface area contributed by atoms with Crippen LogP contribution in [0.1, 0.15) is 23.0 Å². The van der Waals surface area contributed by atoms with Crippen molar-refractivity contribution in [2.24, 2.45) is 0 Å². The van der Waals surface area contributed by atoms with Crippen LogP contribution in [0.25, 0.3) is 10.7 Å². The Bertz CT molecular complexity index is 1020. The van der Waals surface area contributed by atoms with Gasteiger partial charge in [0.2, 0.25) is 0 Å². The van der Waals surface area contributed by atoms with Crippen LogP contribution in [0.5, 0.6) is 0 Å². The van der Waals surface area contributed by atoms with E-state index >= 15 is 0 Å². The summed E-state index contributed by atoms with van der Waals surface area (Å²) in [5, 5.41) is 7.26. The van der Waals surface area contributed by atoms with E-state index in [0.717, 1.165) is 0 Å². The van der Waals surface area contributed by atoms with Gasteiger partial charge in [-0.1, -0.05) is 0 Å². The minimum absolute atomic E-state index is 0.194. The van der Waals surface area contributed by atoms with Gasteiger partial charge in [-0.15, -0.1) is 0 Å². The molecule has 8 heteroatoms. The summed E-state index contributed by atoms with van der Waals surface area (Å²) in [5.41, 5.74) is 1.80. The molecule has 0 aliphatic heterocycles. The first-order valence-electron chi connectivity index (χ1n) is 8.16. The Kier molecular flexibility index (Phi) is 5.13. The highest BCUT2D eigenvalue weighted by atomic mass is 19.1. The molecule has 1 aromatic carbocycles. The van der Waals surface area contributed by atoms with Gasteiger partial charge in [0.05, 0.1) is 13.2 Å². The lowest BCUT2D eigenvalue weighted by molar-refractivity contribution is 0.0518. The Morgan fingerprint density at radius 1 is 1.33 bits per heavy atom. The fourth-order valence-electron chi connectivity index (χ4n) is 2.41. The first-order chi connectivity index (χ1) is 13.0. The molecule has 1 N–H and O–H groups in total. The SMILES string of the molecule is [C-]#[N+]c1cc(Nc2ccc(F)cc2)nc(-n2cc(C)c(C(=O)OCC)n2)c1. The molecule has 7 nitrogen and oxygen atoms in total. The number of benzene rings is 1. The molecule has 3 rings (SSSR count). The van der Waals surface area contributed by atoms with E-state index in [1.165, 1.54) is 16.8 Å². The van der Waals surface area contributed by atoms with Gasteiger partial charge in [0.1, 0.15) is 17.5 Å². The Labute approximate surface area is 155 Å². The van der Waals surface area contributed by atoms with Crippen molar-refractivity contribution in [1.29, 1.82) is 0 Å². The first-order valence-corrected chi connectivity index (χ1v) is 8.16. The maximum absolute atomic E-state index is 13.1. The molecule has 0 saturated carbocycles. The molecule has 27 heavy (non-hydrogen) atoms. The lowest BCUT2D eigenvalue weighted by Gasteiger charge is -2.09. The monoisotopic (exact) mass is 365 g/mol. The number of anilines is 2. The molecule has 0 fully saturated rings. The van der Waals surface area contributed by atoms with Gasteiger partial charge < -0.3 is 10.1 Å². The molecule has 0 saturated heterocycles. The summed E-state index contributed by atoms with van der Waals surface area (Å²) in [4.78, 5) is 19.8. The predicted molar refractivity (Wildman–Crippen MR) is 98.0 cm³/mol. The molecule has 0 aliphatic carbocycles. The van der Waals surface area contributed by atoms with Crippen LogP contribution in [0.4, 0.5) is 21.6 Å². The average Bonchev–Trinajstić information content (AvgIpc) is 3.05. The predicted octanol–water partition coefficient (Wildman–Crippen LogP) is 4.19. The van der Waals surface area contributed by atoms with Gasteiger partial charge in [0, 0.05) is 17.4 Å². The number of carbonyl (C=O) groups is 1. The number of ether oxygens (including phenoxy) is 1. The van der Waals surface area contributed by atoms with Crippen LogP contribution >= 0.6 is 0 Å². The van der Waals surface area contributed by atoms with Crippen molar-refractivity contribution in [3.63, 3.8) is 0 Å². The largest absolute Gasteiger partial charge is 0.461 e. The van der Waals surface area contributed by atoms with E-state index in [9.17, 15) is 9.18 Å². The number of nitrogens with one attached hydrogen (secondary N) is 1. The van der Waals surface area contributed by atoms with Crippen LogP contribution in [-0.4, -0.2) is 27.3 Å². The summed E-state index contributed by atoms with van der Waals surface area (Å²) < 4.78 is 19.5. The van der Waals surface area contributed by atoms with Crippen molar-refractivity contribution in [1.82, 2.24) is 14.8 Å².